The molecule has 2 nitrogen and oxygen atoms in total. The first kappa shape index (κ1) is 5.22. The highest BCUT2D eigenvalue weighted by Gasteiger charge is 1.86. The average molecular weight is 108 g/mol. The van der Waals surface area contributed by atoms with E-state index in [2.05, 4.69) is 9.97 Å². The highest BCUT2D eigenvalue weighted by molar-refractivity contribution is 6.30. The van der Waals surface area contributed by atoms with E-state index in [4.69, 9.17) is 7.85 Å². The molecule has 38 valence electrons. The Balaban J connectivity index is 3.03. The fourth-order valence-electron chi connectivity index (χ4n) is 0.322. The number of nitrogens with zero attached hydrogens (tertiary/aromatic N) is 2. The normalized spacial score (nSPS) is 9.12. The molecular weight excluding hydrogens is 106 g/mol. The fourth-order valence-corrected chi connectivity index (χ4v) is 0.322. The molecule has 2 radical (unpaired) electrons. The van der Waals surface area contributed by atoms with Gasteiger partial charge in [-0.05, 0) is 0 Å². The molecular formula is C4H2BFN2. The van der Waals surface area contributed by atoms with Crippen molar-refractivity contribution >= 4 is 13.4 Å². The van der Waals surface area contributed by atoms with Crippen LogP contribution in [0.5, 0.6) is 0 Å². The number of hydrogen-bond acceptors (Lipinski definition) is 2. The molecule has 0 saturated heterocycles. The molecule has 0 atom stereocenters. The van der Waals surface area contributed by atoms with Crippen LogP contribution in [0.15, 0.2) is 12.4 Å². The van der Waals surface area contributed by atoms with Gasteiger partial charge in [-0.15, -0.1) is 0 Å². The van der Waals surface area contributed by atoms with Gasteiger partial charge in [0.25, 0.3) is 0 Å². The highest BCUT2D eigenvalue weighted by Crippen LogP contribution is 1.79. The van der Waals surface area contributed by atoms with E-state index in [1.165, 1.54) is 0 Å². The van der Waals surface area contributed by atoms with Crippen molar-refractivity contribution < 1.29 is 4.39 Å². The van der Waals surface area contributed by atoms with Gasteiger partial charge in [0.05, 0.1) is 6.20 Å². The molecule has 1 heterocycles. The van der Waals surface area contributed by atoms with Crippen LogP contribution in [0.2, 0.25) is 0 Å². The highest BCUT2D eigenvalue weighted by atomic mass is 19.1. The SMILES string of the molecule is [B]c1cnc(F)cn1. The molecule has 0 bridgehead atoms. The lowest BCUT2D eigenvalue weighted by molar-refractivity contribution is 0.578. The molecule has 0 aliphatic rings. The van der Waals surface area contributed by atoms with Gasteiger partial charge in [-0.3, -0.25) is 4.98 Å². The van der Waals surface area contributed by atoms with Gasteiger partial charge in [0.15, 0.2) is 0 Å². The molecule has 1 aromatic rings. The largest absolute Gasteiger partial charge is 0.267 e. The summed E-state index contributed by atoms with van der Waals surface area (Å²) in [7, 11) is 5.09. The molecule has 0 aromatic carbocycles. The van der Waals surface area contributed by atoms with Crippen LogP contribution < -0.4 is 5.59 Å². The summed E-state index contributed by atoms with van der Waals surface area (Å²) < 4.78 is 11.9. The lowest BCUT2D eigenvalue weighted by atomic mass is 10.1. The van der Waals surface area contributed by atoms with E-state index in [-0.39, 0.29) is 5.59 Å². The van der Waals surface area contributed by atoms with Crippen LogP contribution >= 0.6 is 0 Å². The van der Waals surface area contributed by atoms with Crippen LogP contribution in [-0.2, 0) is 0 Å². The van der Waals surface area contributed by atoms with Crippen molar-refractivity contribution in [1.82, 2.24) is 9.97 Å². The van der Waals surface area contributed by atoms with Crippen molar-refractivity contribution in [3.8, 4) is 0 Å². The van der Waals surface area contributed by atoms with E-state index in [0.717, 1.165) is 12.4 Å². The minimum atomic E-state index is -0.612. The zero-order valence-corrected chi connectivity index (χ0v) is 4.00. The summed E-state index contributed by atoms with van der Waals surface area (Å²) in [6, 6.07) is 0. The summed E-state index contributed by atoms with van der Waals surface area (Å²) >= 11 is 0. The smallest absolute Gasteiger partial charge is 0.231 e. The molecule has 8 heavy (non-hydrogen) atoms. The van der Waals surface area contributed by atoms with Gasteiger partial charge in [-0.2, -0.15) is 4.39 Å². The second kappa shape index (κ2) is 1.90. The predicted octanol–water partition coefficient (Wildman–Crippen LogP) is -0.591. The summed E-state index contributed by atoms with van der Waals surface area (Å²) in [5.41, 5.74) is 0.228. The van der Waals surface area contributed by atoms with Gasteiger partial charge in [-0.25, -0.2) is 4.98 Å². The van der Waals surface area contributed by atoms with Gasteiger partial charge in [0.2, 0.25) is 5.95 Å². The Hall–Kier alpha value is -0.925. The molecule has 1 aromatic heterocycles. The van der Waals surface area contributed by atoms with Gasteiger partial charge in [0.1, 0.15) is 7.85 Å². The fraction of sp³-hybridized carbons (Fsp3) is 0. The van der Waals surface area contributed by atoms with Crippen molar-refractivity contribution in [1.29, 1.82) is 0 Å². The van der Waals surface area contributed by atoms with E-state index in [1.54, 1.807) is 0 Å². The first-order chi connectivity index (χ1) is 3.79. The van der Waals surface area contributed by atoms with E-state index >= 15 is 0 Å². The minimum absolute atomic E-state index is 0.228. The summed E-state index contributed by atoms with van der Waals surface area (Å²) in [6.07, 6.45) is 2.13. The molecule has 0 aliphatic heterocycles. The number of aromatic nitrogens is 2. The Morgan fingerprint density at radius 3 is 2.50 bits per heavy atom. The standard InChI is InChI=1S/C4H2BFN2/c5-3-1-8-4(6)2-7-3/h1-2H. The van der Waals surface area contributed by atoms with E-state index in [1.807, 2.05) is 0 Å². The second-order valence-corrected chi connectivity index (χ2v) is 1.26. The Kier molecular flexibility index (Phi) is 1.24. The molecule has 4 heteroatoms. The van der Waals surface area contributed by atoms with Crippen molar-refractivity contribution in [2.24, 2.45) is 0 Å². The maximum absolute atomic E-state index is 11.9. The molecule has 0 unspecified atom stereocenters. The van der Waals surface area contributed by atoms with Crippen LogP contribution in [0.4, 0.5) is 4.39 Å². The molecule has 1 rings (SSSR count). The second-order valence-electron chi connectivity index (χ2n) is 1.26. The summed E-state index contributed by atoms with van der Waals surface area (Å²) in [5.74, 6) is -0.612. The molecule has 0 saturated carbocycles. The lowest BCUT2D eigenvalue weighted by Crippen LogP contribution is -2.08. The quantitative estimate of drug-likeness (QED) is 0.415. The van der Waals surface area contributed by atoms with Crippen molar-refractivity contribution in [3.63, 3.8) is 0 Å². The third-order valence-corrected chi connectivity index (χ3v) is 0.640. The van der Waals surface area contributed by atoms with E-state index in [9.17, 15) is 4.39 Å². The predicted molar refractivity (Wildman–Crippen MR) is 27.4 cm³/mol. The minimum Gasteiger partial charge on any atom is -0.267 e. The number of halogens is 1. The van der Waals surface area contributed by atoms with Crippen molar-refractivity contribution in [2.75, 3.05) is 0 Å². The first-order valence-electron chi connectivity index (χ1n) is 2.02. The summed E-state index contributed by atoms with van der Waals surface area (Å²) in [6.45, 7) is 0. The van der Waals surface area contributed by atoms with E-state index < -0.39 is 5.95 Å². The maximum atomic E-state index is 11.9. The zero-order chi connectivity index (χ0) is 5.98. The van der Waals surface area contributed by atoms with Gasteiger partial charge >= 0.3 is 0 Å². The maximum Gasteiger partial charge on any atom is 0.231 e. The molecule has 0 amide bonds. The molecule has 0 aliphatic carbocycles. The van der Waals surface area contributed by atoms with Crippen molar-refractivity contribution in [2.45, 2.75) is 0 Å². The number of hydrogen-bond donors (Lipinski definition) is 0. The van der Waals surface area contributed by atoms with Crippen LogP contribution in [0.3, 0.4) is 0 Å². The third kappa shape index (κ3) is 1.02. The van der Waals surface area contributed by atoms with Gasteiger partial charge in [0, 0.05) is 11.8 Å². The monoisotopic (exact) mass is 108 g/mol. The molecule has 0 fully saturated rings. The lowest BCUT2D eigenvalue weighted by Gasteiger charge is -1.86. The first-order valence-corrected chi connectivity index (χ1v) is 2.02. The molecule has 0 spiro atoms. The van der Waals surface area contributed by atoms with Gasteiger partial charge in [-0.1, -0.05) is 0 Å². The molecule has 0 N–H and O–H groups in total. The van der Waals surface area contributed by atoms with Crippen LogP contribution in [0, 0.1) is 5.95 Å². The third-order valence-electron chi connectivity index (χ3n) is 0.640. The van der Waals surface area contributed by atoms with E-state index in [0.29, 0.717) is 0 Å². The Bertz CT molecular complexity index is 153. The average Bonchev–Trinajstić information content (AvgIpc) is 1.77. The van der Waals surface area contributed by atoms with Crippen molar-refractivity contribution in [3.05, 3.63) is 18.3 Å². The van der Waals surface area contributed by atoms with Gasteiger partial charge < -0.3 is 0 Å². The van der Waals surface area contributed by atoms with Crippen LogP contribution in [0.1, 0.15) is 0 Å². The Labute approximate surface area is 47.2 Å². The summed E-state index contributed by atoms with van der Waals surface area (Å²) in [4.78, 5) is 6.64. The van der Waals surface area contributed by atoms with Crippen LogP contribution in [-0.4, -0.2) is 17.8 Å². The Morgan fingerprint density at radius 2 is 2.12 bits per heavy atom. The Morgan fingerprint density at radius 1 is 1.38 bits per heavy atom. The number of rotatable bonds is 0. The zero-order valence-electron chi connectivity index (χ0n) is 4.00. The van der Waals surface area contributed by atoms with Crippen LogP contribution in [0.25, 0.3) is 0 Å². The topological polar surface area (TPSA) is 25.8 Å². The summed E-state index contributed by atoms with van der Waals surface area (Å²) in [5, 5.41) is 0.